The number of nitrogens with two attached hydrogens (primary N) is 1. The molecule has 0 spiro atoms. The molecule has 34 heavy (non-hydrogen) atoms. The number of benzene rings is 2. The number of H-pyrrole nitrogens is 1. The minimum atomic E-state index is -0.620. The summed E-state index contributed by atoms with van der Waals surface area (Å²) in [5.41, 5.74) is 9.30. The number of aromatic nitrogens is 3. The second-order valence-electron chi connectivity index (χ2n) is 8.05. The molecule has 0 radical (unpaired) electrons. The van der Waals surface area contributed by atoms with E-state index in [2.05, 4.69) is 27.3 Å². The summed E-state index contributed by atoms with van der Waals surface area (Å²) in [5.74, 6) is 1.09. The van der Waals surface area contributed by atoms with Gasteiger partial charge in [0.05, 0.1) is 5.69 Å². The number of rotatable bonds is 3. The average Bonchev–Trinajstić information content (AvgIpc) is 3.43. The SMILES string of the molecule is CC(=O)N1CCc2cc3c(cc21)SCCC(=O)N3C.NC(=O)c1n[nH]c(Cc2ccccc2)n1. The average molecular weight is 479 g/mol. The lowest BCUT2D eigenvalue weighted by molar-refractivity contribution is -0.118. The molecule has 3 N–H and O–H groups in total. The number of carbonyl (C=O) groups is 3. The third kappa shape index (κ3) is 5.12. The number of amides is 3. The van der Waals surface area contributed by atoms with Crippen LogP contribution in [0.25, 0.3) is 0 Å². The maximum Gasteiger partial charge on any atom is 0.288 e. The lowest BCUT2D eigenvalue weighted by Gasteiger charge is -2.20. The molecule has 2 aliphatic heterocycles. The van der Waals surface area contributed by atoms with Gasteiger partial charge in [-0.3, -0.25) is 19.5 Å². The van der Waals surface area contributed by atoms with Gasteiger partial charge in [-0.05, 0) is 29.7 Å². The number of nitrogens with zero attached hydrogens (tertiary/aromatic N) is 4. The number of carbonyl (C=O) groups excluding carboxylic acids is 3. The van der Waals surface area contributed by atoms with E-state index in [-0.39, 0.29) is 17.6 Å². The highest BCUT2D eigenvalue weighted by atomic mass is 32.2. The first-order valence-corrected chi connectivity index (χ1v) is 11.9. The van der Waals surface area contributed by atoms with Crippen LogP contribution in [-0.4, -0.2) is 52.2 Å². The van der Waals surface area contributed by atoms with Crippen molar-refractivity contribution in [1.29, 1.82) is 0 Å². The van der Waals surface area contributed by atoms with E-state index in [1.54, 1.807) is 23.6 Å². The van der Waals surface area contributed by atoms with Gasteiger partial charge in [-0.2, -0.15) is 0 Å². The van der Waals surface area contributed by atoms with Gasteiger partial charge >= 0.3 is 0 Å². The molecule has 0 unspecified atom stereocenters. The number of hydrogen-bond acceptors (Lipinski definition) is 6. The second kappa shape index (κ2) is 10.1. The number of thioether (sulfide) groups is 1. The van der Waals surface area contributed by atoms with E-state index in [1.165, 1.54) is 0 Å². The fraction of sp³-hybridized carbons (Fsp3) is 0.292. The molecule has 176 valence electrons. The molecule has 0 saturated carbocycles. The Morgan fingerprint density at radius 2 is 1.91 bits per heavy atom. The van der Waals surface area contributed by atoms with Crippen LogP contribution in [-0.2, 0) is 22.4 Å². The molecule has 10 heteroatoms. The van der Waals surface area contributed by atoms with Crippen LogP contribution >= 0.6 is 11.8 Å². The van der Waals surface area contributed by atoms with Crippen molar-refractivity contribution in [2.24, 2.45) is 5.73 Å². The summed E-state index contributed by atoms with van der Waals surface area (Å²) >= 11 is 1.70. The fourth-order valence-electron chi connectivity index (χ4n) is 3.93. The zero-order chi connectivity index (χ0) is 24.2. The van der Waals surface area contributed by atoms with Crippen LogP contribution in [0.15, 0.2) is 47.4 Å². The maximum absolute atomic E-state index is 11.9. The van der Waals surface area contributed by atoms with E-state index in [0.29, 0.717) is 18.7 Å². The molecule has 9 nitrogen and oxygen atoms in total. The van der Waals surface area contributed by atoms with Crippen molar-refractivity contribution in [1.82, 2.24) is 15.2 Å². The first kappa shape index (κ1) is 23.5. The van der Waals surface area contributed by atoms with Crippen LogP contribution in [0.3, 0.4) is 0 Å². The predicted molar refractivity (Wildman–Crippen MR) is 131 cm³/mol. The topological polar surface area (TPSA) is 125 Å². The van der Waals surface area contributed by atoms with E-state index in [1.807, 2.05) is 42.3 Å². The highest BCUT2D eigenvalue weighted by molar-refractivity contribution is 7.99. The van der Waals surface area contributed by atoms with Crippen molar-refractivity contribution in [2.45, 2.75) is 31.1 Å². The molecule has 0 aliphatic carbocycles. The van der Waals surface area contributed by atoms with Crippen LogP contribution in [0.4, 0.5) is 11.4 Å². The fourth-order valence-corrected chi connectivity index (χ4v) is 4.97. The van der Waals surface area contributed by atoms with E-state index < -0.39 is 5.91 Å². The Morgan fingerprint density at radius 3 is 2.59 bits per heavy atom. The van der Waals surface area contributed by atoms with Crippen molar-refractivity contribution in [3.63, 3.8) is 0 Å². The third-order valence-electron chi connectivity index (χ3n) is 5.71. The Balaban J connectivity index is 0.000000166. The van der Waals surface area contributed by atoms with Gasteiger partial charge in [0, 0.05) is 49.7 Å². The standard InChI is InChI=1S/C14H16N2O2S.C10H10N4O/c1-9(17)16-5-3-10-7-12-13(8-11(10)16)19-6-4-14(18)15(12)2;11-9(15)10-12-8(13-14-10)6-7-4-2-1-3-5-7/h7-8H,3-6H2,1-2H3;1-5H,6H2,(H2,11,15)(H,12,13,14). The molecular formula is C24H26N6O3S. The van der Waals surface area contributed by atoms with Crippen LogP contribution in [0.2, 0.25) is 0 Å². The van der Waals surface area contributed by atoms with Gasteiger partial charge < -0.3 is 15.5 Å². The highest BCUT2D eigenvalue weighted by Gasteiger charge is 2.27. The normalized spacial score (nSPS) is 14.6. The third-order valence-corrected chi connectivity index (χ3v) is 6.76. The Hall–Kier alpha value is -3.66. The summed E-state index contributed by atoms with van der Waals surface area (Å²) in [6.07, 6.45) is 2.05. The smallest absolute Gasteiger partial charge is 0.288 e. The van der Waals surface area contributed by atoms with E-state index in [4.69, 9.17) is 5.73 Å². The van der Waals surface area contributed by atoms with E-state index in [9.17, 15) is 14.4 Å². The van der Waals surface area contributed by atoms with Crippen molar-refractivity contribution >= 4 is 40.9 Å². The van der Waals surface area contributed by atoms with Gasteiger partial charge in [-0.15, -0.1) is 16.9 Å². The van der Waals surface area contributed by atoms with Gasteiger partial charge in [-0.1, -0.05) is 30.3 Å². The van der Waals surface area contributed by atoms with Gasteiger partial charge in [0.2, 0.25) is 17.6 Å². The minimum absolute atomic E-state index is 0.0286. The zero-order valence-corrected chi connectivity index (χ0v) is 19.9. The molecule has 3 aromatic rings. The molecule has 2 aliphatic rings. The molecule has 1 aromatic heterocycles. The van der Waals surface area contributed by atoms with Crippen molar-refractivity contribution < 1.29 is 14.4 Å². The molecule has 5 rings (SSSR count). The first-order chi connectivity index (χ1) is 16.3. The molecule has 0 fully saturated rings. The van der Waals surface area contributed by atoms with Gasteiger partial charge in [-0.25, -0.2) is 4.98 Å². The monoisotopic (exact) mass is 478 g/mol. The summed E-state index contributed by atoms with van der Waals surface area (Å²) in [6, 6.07) is 13.9. The quantitative estimate of drug-likeness (QED) is 0.596. The highest BCUT2D eigenvalue weighted by Crippen LogP contribution is 2.41. The van der Waals surface area contributed by atoms with Crippen LogP contribution in [0.5, 0.6) is 0 Å². The number of hydrogen-bond donors (Lipinski definition) is 2. The second-order valence-corrected chi connectivity index (χ2v) is 9.19. The van der Waals surface area contributed by atoms with Gasteiger partial charge in [0.1, 0.15) is 5.82 Å². The van der Waals surface area contributed by atoms with Crippen molar-refractivity contribution in [2.75, 3.05) is 29.1 Å². The molecule has 0 atom stereocenters. The van der Waals surface area contributed by atoms with E-state index >= 15 is 0 Å². The molecule has 3 amide bonds. The molecule has 3 heterocycles. The van der Waals surface area contributed by atoms with Crippen LogP contribution in [0, 0.1) is 0 Å². The largest absolute Gasteiger partial charge is 0.363 e. The lowest BCUT2D eigenvalue weighted by atomic mass is 10.1. The van der Waals surface area contributed by atoms with Gasteiger partial charge in [0.25, 0.3) is 5.91 Å². The predicted octanol–water partition coefficient (Wildman–Crippen LogP) is 2.55. The zero-order valence-electron chi connectivity index (χ0n) is 19.1. The number of primary amides is 1. The lowest BCUT2D eigenvalue weighted by Crippen LogP contribution is -2.26. The molecule has 0 bridgehead atoms. The number of anilines is 2. The molecule has 2 aromatic carbocycles. The Morgan fingerprint density at radius 1 is 1.15 bits per heavy atom. The van der Waals surface area contributed by atoms with E-state index in [0.717, 1.165) is 46.1 Å². The minimum Gasteiger partial charge on any atom is -0.363 e. The molecular weight excluding hydrogens is 452 g/mol. The summed E-state index contributed by atoms with van der Waals surface area (Å²) in [5, 5.41) is 6.37. The molecule has 0 saturated heterocycles. The van der Waals surface area contributed by atoms with Crippen LogP contribution in [0.1, 0.15) is 40.9 Å². The Kier molecular flexibility index (Phi) is 6.97. The number of nitrogens with one attached hydrogen (secondary N) is 1. The first-order valence-electron chi connectivity index (χ1n) is 10.9. The number of fused-ring (bicyclic) bond motifs is 2. The Labute approximate surface area is 201 Å². The van der Waals surface area contributed by atoms with Crippen molar-refractivity contribution in [3.05, 3.63) is 65.2 Å². The summed E-state index contributed by atoms with van der Waals surface area (Å²) in [7, 11) is 1.83. The van der Waals surface area contributed by atoms with Crippen LogP contribution < -0.4 is 15.5 Å². The maximum atomic E-state index is 11.9. The summed E-state index contributed by atoms with van der Waals surface area (Å²) in [6.45, 7) is 2.35. The summed E-state index contributed by atoms with van der Waals surface area (Å²) in [4.78, 5) is 42.9. The van der Waals surface area contributed by atoms with Crippen molar-refractivity contribution in [3.8, 4) is 0 Å². The summed E-state index contributed by atoms with van der Waals surface area (Å²) < 4.78 is 0. The van der Waals surface area contributed by atoms with Gasteiger partial charge in [0.15, 0.2) is 0 Å². The number of aromatic amines is 1. The Bertz CT molecular complexity index is 1230.